The fourth-order valence-corrected chi connectivity index (χ4v) is 2.98. The maximum absolute atomic E-state index is 12.3. The van der Waals surface area contributed by atoms with Gasteiger partial charge in [-0.25, -0.2) is 0 Å². The minimum atomic E-state index is -0.632. The Morgan fingerprint density at radius 1 is 1.08 bits per heavy atom. The maximum Gasteiger partial charge on any atom is 0.266 e. The zero-order valence-electron chi connectivity index (χ0n) is 14.3. The molecule has 6 heteroatoms. The molecule has 0 bridgehead atoms. The fourth-order valence-electron chi connectivity index (χ4n) is 2.23. The second kappa shape index (κ2) is 7.44. The Morgan fingerprint density at radius 2 is 1.80 bits per heavy atom. The summed E-state index contributed by atoms with van der Waals surface area (Å²) < 4.78 is 5.73. The highest BCUT2D eigenvalue weighted by molar-refractivity contribution is 7.18. The smallest absolute Gasteiger partial charge is 0.266 e. The summed E-state index contributed by atoms with van der Waals surface area (Å²) in [5, 5.41) is 12.2. The van der Waals surface area contributed by atoms with Gasteiger partial charge in [0.15, 0.2) is 6.10 Å². The number of nitrogens with zero attached hydrogens (tertiary/aromatic N) is 2. The van der Waals surface area contributed by atoms with Crippen molar-refractivity contribution in [3.8, 4) is 16.3 Å². The highest BCUT2D eigenvalue weighted by Crippen LogP contribution is 2.26. The third kappa shape index (κ3) is 4.22. The van der Waals surface area contributed by atoms with Crippen molar-refractivity contribution in [2.24, 2.45) is 0 Å². The molecule has 0 aliphatic rings. The Labute approximate surface area is 150 Å². The average molecular weight is 353 g/mol. The Bertz CT molecular complexity index is 874. The zero-order valence-corrected chi connectivity index (χ0v) is 15.1. The van der Waals surface area contributed by atoms with Gasteiger partial charge in [-0.05, 0) is 32.4 Å². The van der Waals surface area contributed by atoms with Crippen molar-refractivity contribution < 1.29 is 9.53 Å². The molecular weight excluding hydrogens is 334 g/mol. The second-order valence-electron chi connectivity index (χ2n) is 5.79. The molecule has 1 amide bonds. The van der Waals surface area contributed by atoms with E-state index in [9.17, 15) is 4.79 Å². The van der Waals surface area contributed by atoms with E-state index in [4.69, 9.17) is 4.74 Å². The van der Waals surface area contributed by atoms with Gasteiger partial charge in [0.25, 0.3) is 5.91 Å². The van der Waals surface area contributed by atoms with Crippen molar-refractivity contribution in [2.75, 3.05) is 5.32 Å². The van der Waals surface area contributed by atoms with Crippen LogP contribution in [0.3, 0.4) is 0 Å². The van der Waals surface area contributed by atoms with Crippen molar-refractivity contribution >= 4 is 22.4 Å². The fraction of sp³-hybridized carbons (Fsp3) is 0.211. The summed E-state index contributed by atoms with van der Waals surface area (Å²) in [7, 11) is 0. The molecule has 1 unspecified atom stereocenters. The van der Waals surface area contributed by atoms with Crippen molar-refractivity contribution in [3.63, 3.8) is 0 Å². The van der Waals surface area contributed by atoms with Gasteiger partial charge in [-0.15, -0.1) is 10.2 Å². The molecule has 1 N–H and O–H groups in total. The van der Waals surface area contributed by atoms with E-state index in [0.717, 1.165) is 16.1 Å². The minimum absolute atomic E-state index is 0.255. The number of amides is 1. The van der Waals surface area contributed by atoms with E-state index in [2.05, 4.69) is 15.5 Å². The normalized spacial score (nSPS) is 11.8. The van der Waals surface area contributed by atoms with Crippen LogP contribution in [-0.2, 0) is 4.79 Å². The highest BCUT2D eigenvalue weighted by Gasteiger charge is 2.18. The Balaban J connectivity index is 1.65. The molecule has 0 saturated heterocycles. The number of nitrogens with one attached hydrogen (secondary N) is 1. The molecule has 2 aromatic carbocycles. The quantitative estimate of drug-likeness (QED) is 0.745. The second-order valence-corrected chi connectivity index (χ2v) is 6.77. The molecule has 0 aliphatic carbocycles. The van der Waals surface area contributed by atoms with E-state index >= 15 is 0 Å². The molecule has 0 radical (unpaired) electrons. The number of carbonyl (C=O) groups excluding carboxylic acids is 1. The maximum atomic E-state index is 12.3. The minimum Gasteiger partial charge on any atom is -0.481 e. The first kappa shape index (κ1) is 17.1. The van der Waals surface area contributed by atoms with E-state index in [-0.39, 0.29) is 5.91 Å². The Kier molecular flexibility index (Phi) is 5.09. The van der Waals surface area contributed by atoms with Gasteiger partial charge in [-0.1, -0.05) is 59.4 Å². The SMILES string of the molecule is Cc1ccc(-c2nnc(NC(=O)C(C)Oc3ccccc3C)s2)cc1. The molecule has 0 spiro atoms. The van der Waals surface area contributed by atoms with Crippen LogP contribution in [0.15, 0.2) is 48.5 Å². The largest absolute Gasteiger partial charge is 0.481 e. The molecule has 128 valence electrons. The van der Waals surface area contributed by atoms with Crippen LogP contribution < -0.4 is 10.1 Å². The summed E-state index contributed by atoms with van der Waals surface area (Å²) in [6.45, 7) is 5.69. The predicted molar refractivity (Wildman–Crippen MR) is 100.0 cm³/mol. The van der Waals surface area contributed by atoms with Crippen molar-refractivity contribution in [3.05, 3.63) is 59.7 Å². The van der Waals surface area contributed by atoms with E-state index < -0.39 is 6.10 Å². The molecule has 0 saturated carbocycles. The summed E-state index contributed by atoms with van der Waals surface area (Å²) in [4.78, 5) is 12.3. The molecule has 0 aliphatic heterocycles. The molecule has 25 heavy (non-hydrogen) atoms. The molecule has 0 fully saturated rings. The van der Waals surface area contributed by atoms with Crippen molar-refractivity contribution in [2.45, 2.75) is 26.9 Å². The van der Waals surface area contributed by atoms with Crippen LogP contribution >= 0.6 is 11.3 Å². The molecular formula is C19H19N3O2S. The van der Waals surface area contributed by atoms with E-state index in [1.54, 1.807) is 6.92 Å². The third-order valence-electron chi connectivity index (χ3n) is 3.72. The van der Waals surface area contributed by atoms with E-state index in [1.807, 2.05) is 62.4 Å². The number of aryl methyl sites for hydroxylation is 2. The standard InChI is InChI=1S/C19H19N3O2S/c1-12-8-10-15(11-9-12)18-21-22-19(25-18)20-17(23)14(3)24-16-7-5-4-6-13(16)2/h4-11,14H,1-3H3,(H,20,22,23). The average Bonchev–Trinajstić information content (AvgIpc) is 3.06. The number of rotatable bonds is 5. The first-order valence-corrected chi connectivity index (χ1v) is 8.78. The Hall–Kier alpha value is -2.73. The summed E-state index contributed by atoms with van der Waals surface area (Å²) in [6.07, 6.45) is -0.632. The van der Waals surface area contributed by atoms with Gasteiger partial charge < -0.3 is 4.74 Å². The van der Waals surface area contributed by atoms with Crippen LogP contribution in [0, 0.1) is 13.8 Å². The molecule has 1 aromatic heterocycles. The van der Waals surface area contributed by atoms with Gasteiger partial charge in [-0.3, -0.25) is 10.1 Å². The summed E-state index contributed by atoms with van der Waals surface area (Å²) >= 11 is 1.34. The van der Waals surface area contributed by atoms with Crippen LogP contribution in [0.25, 0.3) is 10.6 Å². The van der Waals surface area contributed by atoms with Crippen LogP contribution in [-0.4, -0.2) is 22.2 Å². The molecule has 1 heterocycles. The molecule has 3 rings (SSSR count). The van der Waals surface area contributed by atoms with Crippen LogP contribution in [0.4, 0.5) is 5.13 Å². The lowest BCUT2D eigenvalue weighted by Crippen LogP contribution is -2.30. The number of hydrogen-bond acceptors (Lipinski definition) is 5. The first-order valence-electron chi connectivity index (χ1n) is 7.96. The van der Waals surface area contributed by atoms with Gasteiger partial charge >= 0.3 is 0 Å². The number of aromatic nitrogens is 2. The highest BCUT2D eigenvalue weighted by atomic mass is 32.1. The van der Waals surface area contributed by atoms with E-state index in [0.29, 0.717) is 10.9 Å². The van der Waals surface area contributed by atoms with Crippen LogP contribution in [0.5, 0.6) is 5.75 Å². The monoisotopic (exact) mass is 353 g/mol. The van der Waals surface area contributed by atoms with Gasteiger partial charge in [0.1, 0.15) is 10.8 Å². The summed E-state index contributed by atoms with van der Waals surface area (Å²) in [5.41, 5.74) is 3.15. The Morgan fingerprint density at radius 3 is 2.52 bits per heavy atom. The first-order chi connectivity index (χ1) is 12.0. The van der Waals surface area contributed by atoms with Crippen molar-refractivity contribution in [1.29, 1.82) is 0 Å². The third-order valence-corrected chi connectivity index (χ3v) is 4.61. The lowest BCUT2D eigenvalue weighted by atomic mass is 10.2. The lowest BCUT2D eigenvalue weighted by Gasteiger charge is -2.15. The lowest BCUT2D eigenvalue weighted by molar-refractivity contribution is -0.122. The molecule has 1 atom stereocenters. The molecule has 3 aromatic rings. The number of carbonyl (C=O) groups is 1. The van der Waals surface area contributed by atoms with Crippen LogP contribution in [0.2, 0.25) is 0 Å². The van der Waals surface area contributed by atoms with Crippen molar-refractivity contribution in [1.82, 2.24) is 10.2 Å². The van der Waals surface area contributed by atoms with Gasteiger partial charge in [-0.2, -0.15) is 0 Å². The van der Waals surface area contributed by atoms with Crippen LogP contribution in [0.1, 0.15) is 18.1 Å². The zero-order chi connectivity index (χ0) is 17.8. The summed E-state index contributed by atoms with van der Waals surface area (Å²) in [5.74, 6) is 0.442. The number of ether oxygens (including phenoxy) is 1. The number of hydrogen-bond donors (Lipinski definition) is 1. The topological polar surface area (TPSA) is 64.1 Å². The number of benzene rings is 2. The van der Waals surface area contributed by atoms with E-state index in [1.165, 1.54) is 16.9 Å². The number of para-hydroxylation sites is 1. The predicted octanol–water partition coefficient (Wildman–Crippen LogP) is 4.23. The van der Waals surface area contributed by atoms with Gasteiger partial charge in [0, 0.05) is 5.56 Å². The summed E-state index contributed by atoms with van der Waals surface area (Å²) in [6, 6.07) is 15.6. The van der Waals surface area contributed by atoms with Gasteiger partial charge in [0.05, 0.1) is 0 Å². The number of anilines is 1. The molecule has 5 nitrogen and oxygen atoms in total. The van der Waals surface area contributed by atoms with Gasteiger partial charge in [0.2, 0.25) is 5.13 Å².